The second-order valence-electron chi connectivity index (χ2n) is 5.24. The molecular formula is C15H24ClNO. The lowest BCUT2D eigenvalue weighted by molar-refractivity contribution is 0.589. The minimum absolute atomic E-state index is 0.0901. The van der Waals surface area contributed by atoms with Crippen LogP contribution in [0.2, 0.25) is 0 Å². The number of hydrogen-bond acceptors (Lipinski definition) is 2. The average Bonchev–Trinajstić information content (AvgIpc) is 2.38. The van der Waals surface area contributed by atoms with Gasteiger partial charge in [0.1, 0.15) is 0 Å². The number of hydrogen-bond donors (Lipinski definition) is 0. The van der Waals surface area contributed by atoms with Crippen LogP contribution in [-0.4, -0.2) is 5.38 Å². The standard InChI is InChI=1S/C15H24ClNO/c1-11-12(2)14(16)9-7-5-4-6-8-10-15(17-18)13(11)3/h14H,4-10H2,1-3H3/b12-11-,15-13+. The molecule has 1 aliphatic rings. The van der Waals surface area contributed by atoms with Crippen LogP contribution in [0.4, 0.5) is 0 Å². The van der Waals surface area contributed by atoms with E-state index in [1.807, 2.05) is 6.92 Å². The van der Waals surface area contributed by atoms with Crippen LogP contribution in [0.1, 0.15) is 65.7 Å². The molecule has 0 saturated heterocycles. The van der Waals surface area contributed by atoms with Crippen molar-refractivity contribution in [3.05, 3.63) is 27.3 Å². The van der Waals surface area contributed by atoms with E-state index >= 15 is 0 Å². The number of allylic oxidation sites excluding steroid dienone is 4. The highest BCUT2D eigenvalue weighted by atomic mass is 35.5. The smallest absolute Gasteiger partial charge is 0.0880 e. The fourth-order valence-corrected chi connectivity index (χ4v) is 2.73. The zero-order chi connectivity index (χ0) is 13.5. The topological polar surface area (TPSA) is 29.4 Å². The first kappa shape index (κ1) is 15.4. The predicted molar refractivity (Wildman–Crippen MR) is 78.8 cm³/mol. The minimum Gasteiger partial charge on any atom is -0.145 e. The van der Waals surface area contributed by atoms with E-state index in [9.17, 15) is 4.91 Å². The van der Waals surface area contributed by atoms with E-state index in [4.69, 9.17) is 11.6 Å². The molecule has 0 radical (unpaired) electrons. The number of nitrogens with zero attached hydrogens (tertiary/aromatic N) is 1. The van der Waals surface area contributed by atoms with Gasteiger partial charge in [-0.05, 0) is 56.4 Å². The molecule has 0 amide bonds. The van der Waals surface area contributed by atoms with Crippen molar-refractivity contribution >= 4 is 11.6 Å². The van der Waals surface area contributed by atoms with E-state index in [2.05, 4.69) is 19.0 Å². The Kier molecular flexibility index (Phi) is 6.62. The molecule has 0 aromatic heterocycles. The summed E-state index contributed by atoms with van der Waals surface area (Å²) < 4.78 is 0. The Morgan fingerprint density at radius 3 is 2.28 bits per heavy atom. The molecule has 1 aliphatic carbocycles. The van der Waals surface area contributed by atoms with E-state index < -0.39 is 0 Å². The molecule has 0 spiro atoms. The number of nitroso groups, excluding NO2 is 1. The molecule has 1 unspecified atom stereocenters. The van der Waals surface area contributed by atoms with Gasteiger partial charge in [-0.3, -0.25) is 0 Å². The molecule has 18 heavy (non-hydrogen) atoms. The highest BCUT2D eigenvalue weighted by molar-refractivity contribution is 6.22. The monoisotopic (exact) mass is 269 g/mol. The van der Waals surface area contributed by atoms with Crippen LogP contribution < -0.4 is 0 Å². The molecule has 3 heteroatoms. The Hall–Kier alpha value is -0.630. The van der Waals surface area contributed by atoms with Crippen molar-refractivity contribution in [1.82, 2.24) is 0 Å². The van der Waals surface area contributed by atoms with E-state index in [0.717, 1.165) is 30.4 Å². The van der Waals surface area contributed by atoms with Gasteiger partial charge in [-0.1, -0.05) is 31.3 Å². The van der Waals surface area contributed by atoms with Gasteiger partial charge in [-0.25, -0.2) is 0 Å². The number of halogens is 1. The van der Waals surface area contributed by atoms with Gasteiger partial charge >= 0.3 is 0 Å². The summed E-state index contributed by atoms with van der Waals surface area (Å²) in [4.78, 5) is 11.0. The molecule has 0 bridgehead atoms. The third kappa shape index (κ3) is 4.24. The van der Waals surface area contributed by atoms with Crippen molar-refractivity contribution in [3.8, 4) is 0 Å². The molecule has 0 heterocycles. The van der Waals surface area contributed by atoms with Crippen molar-refractivity contribution in [2.75, 3.05) is 0 Å². The molecular weight excluding hydrogens is 246 g/mol. The number of alkyl halides is 1. The molecule has 0 saturated carbocycles. The Morgan fingerprint density at radius 1 is 1.00 bits per heavy atom. The second-order valence-corrected chi connectivity index (χ2v) is 5.77. The summed E-state index contributed by atoms with van der Waals surface area (Å²) >= 11 is 6.43. The largest absolute Gasteiger partial charge is 0.145 e. The van der Waals surface area contributed by atoms with Gasteiger partial charge in [-0.15, -0.1) is 16.5 Å². The van der Waals surface area contributed by atoms with Gasteiger partial charge in [0.15, 0.2) is 0 Å². The summed E-state index contributed by atoms with van der Waals surface area (Å²) in [5, 5.41) is 3.31. The lowest BCUT2D eigenvalue weighted by Crippen LogP contribution is -2.05. The SMILES string of the molecule is CC1=C(\C)C(Cl)CCCCCCC/C(N=O)=C\1C. The van der Waals surface area contributed by atoms with E-state index in [1.165, 1.54) is 31.3 Å². The van der Waals surface area contributed by atoms with Gasteiger partial charge in [-0.2, -0.15) is 0 Å². The van der Waals surface area contributed by atoms with Crippen LogP contribution in [0.25, 0.3) is 0 Å². The first-order valence-corrected chi connectivity index (χ1v) is 7.36. The maximum Gasteiger partial charge on any atom is 0.0880 e. The van der Waals surface area contributed by atoms with Crippen molar-refractivity contribution in [3.63, 3.8) is 0 Å². The second kappa shape index (κ2) is 7.73. The summed E-state index contributed by atoms with van der Waals surface area (Å²) in [5.74, 6) is 0. The summed E-state index contributed by atoms with van der Waals surface area (Å²) in [5.41, 5.74) is 4.06. The highest BCUT2D eigenvalue weighted by Gasteiger charge is 2.14. The van der Waals surface area contributed by atoms with Crippen molar-refractivity contribution in [1.29, 1.82) is 0 Å². The highest BCUT2D eigenvalue weighted by Crippen LogP contribution is 2.28. The molecule has 0 aromatic carbocycles. The summed E-state index contributed by atoms with van der Waals surface area (Å²) in [6.45, 7) is 6.12. The van der Waals surface area contributed by atoms with Crippen molar-refractivity contribution in [2.45, 2.75) is 71.1 Å². The minimum atomic E-state index is 0.0901. The third-order valence-electron chi connectivity index (χ3n) is 4.04. The van der Waals surface area contributed by atoms with Crippen molar-refractivity contribution < 1.29 is 0 Å². The summed E-state index contributed by atoms with van der Waals surface area (Å²) in [7, 11) is 0. The maximum absolute atomic E-state index is 11.0. The summed E-state index contributed by atoms with van der Waals surface area (Å²) in [6, 6.07) is 0. The van der Waals surface area contributed by atoms with Crippen LogP contribution in [-0.2, 0) is 0 Å². The normalized spacial score (nSPS) is 32.6. The zero-order valence-electron chi connectivity index (χ0n) is 11.8. The lowest BCUT2D eigenvalue weighted by Gasteiger charge is -2.16. The van der Waals surface area contributed by atoms with Gasteiger partial charge in [0, 0.05) is 0 Å². The van der Waals surface area contributed by atoms with Crippen LogP contribution in [0.15, 0.2) is 27.6 Å². The fourth-order valence-electron chi connectivity index (χ4n) is 2.41. The molecule has 0 fully saturated rings. The van der Waals surface area contributed by atoms with E-state index in [-0.39, 0.29) is 5.38 Å². The molecule has 0 aliphatic heterocycles. The molecule has 0 aromatic rings. The fraction of sp³-hybridized carbons (Fsp3) is 0.733. The van der Waals surface area contributed by atoms with E-state index in [0.29, 0.717) is 5.70 Å². The molecule has 2 nitrogen and oxygen atoms in total. The van der Waals surface area contributed by atoms with Crippen LogP contribution in [0.3, 0.4) is 0 Å². The molecule has 102 valence electrons. The Balaban J connectivity index is 3.04. The Bertz CT molecular complexity index is 358. The Morgan fingerprint density at radius 2 is 1.61 bits per heavy atom. The Labute approximate surface area is 115 Å². The van der Waals surface area contributed by atoms with Gasteiger partial charge in [0.2, 0.25) is 0 Å². The van der Waals surface area contributed by atoms with Gasteiger partial charge in [0.05, 0.1) is 11.1 Å². The van der Waals surface area contributed by atoms with E-state index in [1.54, 1.807) is 0 Å². The van der Waals surface area contributed by atoms with Crippen molar-refractivity contribution in [2.24, 2.45) is 5.18 Å². The first-order chi connectivity index (χ1) is 8.57. The van der Waals surface area contributed by atoms with Crippen LogP contribution >= 0.6 is 11.6 Å². The van der Waals surface area contributed by atoms with Crippen LogP contribution in [0, 0.1) is 4.91 Å². The predicted octanol–water partition coefficient (Wildman–Crippen LogP) is 5.71. The zero-order valence-corrected chi connectivity index (χ0v) is 12.5. The number of rotatable bonds is 1. The third-order valence-corrected chi connectivity index (χ3v) is 4.58. The van der Waals surface area contributed by atoms with Gasteiger partial charge < -0.3 is 0 Å². The van der Waals surface area contributed by atoms with Gasteiger partial charge in [0.25, 0.3) is 0 Å². The molecule has 1 atom stereocenters. The maximum atomic E-state index is 11.0. The first-order valence-electron chi connectivity index (χ1n) is 6.92. The summed E-state index contributed by atoms with van der Waals surface area (Å²) in [6.07, 6.45) is 7.74. The molecule has 1 rings (SSSR count). The quantitative estimate of drug-likeness (QED) is 0.442. The van der Waals surface area contributed by atoms with Crippen LogP contribution in [0.5, 0.6) is 0 Å². The molecule has 0 N–H and O–H groups in total. The average molecular weight is 270 g/mol. The lowest BCUT2D eigenvalue weighted by atomic mass is 9.94.